The smallest absolute Gasteiger partial charge is 0.115 e. The maximum absolute atomic E-state index is 9.72. The highest BCUT2D eigenvalue weighted by atomic mass is 16.3. The molecule has 0 fully saturated rings. The van der Waals surface area contributed by atoms with Gasteiger partial charge in [0.05, 0.1) is 5.76 Å². The van der Waals surface area contributed by atoms with Crippen molar-refractivity contribution in [2.24, 2.45) is 5.41 Å². The van der Waals surface area contributed by atoms with E-state index >= 15 is 0 Å². The highest BCUT2D eigenvalue weighted by Gasteiger charge is 2.18. The number of phenols is 1. The normalized spacial score (nSPS) is 19.2. The Kier molecular flexibility index (Phi) is 2.97. The lowest BCUT2D eigenvalue weighted by Crippen LogP contribution is -2.03. The van der Waals surface area contributed by atoms with Gasteiger partial charge in [0, 0.05) is 11.8 Å². The highest BCUT2D eigenvalue weighted by Crippen LogP contribution is 2.34. The molecule has 1 aliphatic carbocycles. The molecule has 1 aromatic rings. The van der Waals surface area contributed by atoms with Gasteiger partial charge < -0.3 is 10.2 Å². The molecule has 0 aliphatic heterocycles. The van der Waals surface area contributed by atoms with Gasteiger partial charge in [-0.15, -0.1) is 0 Å². The number of aliphatic hydroxyl groups is 1. The molecule has 2 nitrogen and oxygen atoms in total. The lowest BCUT2D eigenvalue weighted by Gasteiger charge is -2.16. The molecule has 0 aromatic heterocycles. The van der Waals surface area contributed by atoms with Crippen LogP contribution in [0.2, 0.25) is 0 Å². The van der Waals surface area contributed by atoms with Gasteiger partial charge >= 0.3 is 0 Å². The summed E-state index contributed by atoms with van der Waals surface area (Å²) < 4.78 is 0. The maximum Gasteiger partial charge on any atom is 0.115 e. The zero-order chi connectivity index (χ0) is 12.5. The van der Waals surface area contributed by atoms with Crippen molar-refractivity contribution >= 4 is 5.57 Å². The first-order valence-corrected chi connectivity index (χ1v) is 5.88. The number of benzene rings is 1. The molecule has 0 atom stereocenters. The molecule has 2 rings (SSSR count). The Balaban J connectivity index is 2.34. The summed E-state index contributed by atoms with van der Waals surface area (Å²) in [6, 6.07) is 7.22. The van der Waals surface area contributed by atoms with Gasteiger partial charge in [-0.3, -0.25) is 0 Å². The van der Waals surface area contributed by atoms with Crippen molar-refractivity contribution in [1.29, 1.82) is 0 Å². The number of allylic oxidation sites excluding steroid dienone is 4. The minimum atomic E-state index is -0.131. The summed E-state index contributed by atoms with van der Waals surface area (Å²) >= 11 is 0. The quantitative estimate of drug-likeness (QED) is 0.764. The Labute approximate surface area is 102 Å². The van der Waals surface area contributed by atoms with Crippen molar-refractivity contribution < 1.29 is 10.2 Å². The van der Waals surface area contributed by atoms with Crippen LogP contribution in [-0.4, -0.2) is 10.2 Å². The van der Waals surface area contributed by atoms with Gasteiger partial charge in [-0.05, 0) is 35.8 Å². The molecular formula is C15H18O2. The van der Waals surface area contributed by atoms with E-state index in [-0.39, 0.29) is 11.2 Å². The summed E-state index contributed by atoms with van der Waals surface area (Å²) in [5.41, 5.74) is 2.20. The van der Waals surface area contributed by atoms with Crippen LogP contribution in [0.3, 0.4) is 0 Å². The lowest BCUT2D eigenvalue weighted by molar-refractivity contribution is 0.380. The highest BCUT2D eigenvalue weighted by molar-refractivity contribution is 5.67. The molecule has 1 aromatic carbocycles. The van der Waals surface area contributed by atoms with Crippen LogP contribution in [0.15, 0.2) is 42.2 Å². The van der Waals surface area contributed by atoms with Crippen molar-refractivity contribution in [3.8, 4) is 5.75 Å². The summed E-state index contributed by atoms with van der Waals surface area (Å²) in [6.45, 7) is 4.16. The molecule has 2 N–H and O–H groups in total. The van der Waals surface area contributed by atoms with Gasteiger partial charge in [0.25, 0.3) is 0 Å². The first-order valence-electron chi connectivity index (χ1n) is 5.88. The zero-order valence-electron chi connectivity index (χ0n) is 10.3. The Morgan fingerprint density at radius 3 is 2.24 bits per heavy atom. The lowest BCUT2D eigenvalue weighted by atomic mass is 9.89. The summed E-state index contributed by atoms with van der Waals surface area (Å²) in [5, 5.41) is 19.0. The van der Waals surface area contributed by atoms with E-state index in [1.54, 1.807) is 12.1 Å². The third-order valence-corrected chi connectivity index (χ3v) is 2.97. The Hall–Kier alpha value is -1.70. The van der Waals surface area contributed by atoms with E-state index in [2.05, 4.69) is 19.9 Å². The van der Waals surface area contributed by atoms with E-state index in [0.717, 1.165) is 12.0 Å². The summed E-state index contributed by atoms with van der Waals surface area (Å²) in [4.78, 5) is 0. The summed E-state index contributed by atoms with van der Waals surface area (Å²) in [6.07, 6.45) is 5.59. The van der Waals surface area contributed by atoms with E-state index in [9.17, 15) is 10.2 Å². The minimum Gasteiger partial charge on any atom is -0.513 e. The fourth-order valence-corrected chi connectivity index (χ4v) is 2.23. The summed E-state index contributed by atoms with van der Waals surface area (Å²) in [7, 11) is 0. The number of phenolic OH excluding ortho intramolecular Hbond substituents is 1. The van der Waals surface area contributed by atoms with E-state index < -0.39 is 0 Å². The second-order valence-corrected chi connectivity index (χ2v) is 5.17. The van der Waals surface area contributed by atoms with E-state index in [4.69, 9.17) is 0 Å². The second kappa shape index (κ2) is 4.28. The number of rotatable bonds is 1. The van der Waals surface area contributed by atoms with Crippen LogP contribution in [0, 0.1) is 5.41 Å². The molecule has 0 amide bonds. The van der Waals surface area contributed by atoms with Crippen molar-refractivity contribution in [2.75, 3.05) is 0 Å². The molecule has 0 radical (unpaired) electrons. The molecule has 2 heteroatoms. The topological polar surface area (TPSA) is 40.5 Å². The average Bonchev–Trinajstić information content (AvgIpc) is 2.37. The van der Waals surface area contributed by atoms with Crippen LogP contribution in [0.4, 0.5) is 0 Å². The van der Waals surface area contributed by atoms with E-state index in [0.29, 0.717) is 12.2 Å². The van der Waals surface area contributed by atoms with Gasteiger partial charge in [0.2, 0.25) is 0 Å². The first-order chi connectivity index (χ1) is 7.96. The molecule has 0 saturated heterocycles. The molecular weight excluding hydrogens is 212 g/mol. The standard InChI is InChI=1S/C15H18O2/c1-15(2)9-12(5-8-14(17)10-15)11-3-6-13(16)7-4-11/h3-4,6-7,9-10,16-17H,5,8H2,1-2H3. The van der Waals surface area contributed by atoms with Gasteiger partial charge in [-0.2, -0.15) is 0 Å². The predicted octanol–water partition coefficient (Wildman–Crippen LogP) is 4.04. The Morgan fingerprint density at radius 2 is 1.59 bits per heavy atom. The monoisotopic (exact) mass is 230 g/mol. The van der Waals surface area contributed by atoms with Crippen molar-refractivity contribution in [3.63, 3.8) is 0 Å². The van der Waals surface area contributed by atoms with Crippen molar-refractivity contribution in [1.82, 2.24) is 0 Å². The van der Waals surface area contributed by atoms with Crippen LogP contribution in [0.1, 0.15) is 32.3 Å². The SMILES string of the molecule is CC1(C)C=C(O)CCC(c2ccc(O)cc2)=C1. The molecule has 0 unspecified atom stereocenters. The van der Waals surface area contributed by atoms with Gasteiger partial charge in [-0.1, -0.05) is 32.1 Å². The maximum atomic E-state index is 9.72. The van der Waals surface area contributed by atoms with Crippen LogP contribution < -0.4 is 0 Å². The van der Waals surface area contributed by atoms with E-state index in [1.807, 2.05) is 18.2 Å². The number of hydrogen-bond donors (Lipinski definition) is 2. The van der Waals surface area contributed by atoms with Crippen LogP contribution in [0.5, 0.6) is 5.75 Å². The fourth-order valence-electron chi connectivity index (χ4n) is 2.23. The molecule has 17 heavy (non-hydrogen) atoms. The average molecular weight is 230 g/mol. The molecule has 0 bridgehead atoms. The van der Waals surface area contributed by atoms with Crippen LogP contribution >= 0.6 is 0 Å². The molecule has 90 valence electrons. The van der Waals surface area contributed by atoms with Crippen molar-refractivity contribution in [3.05, 3.63) is 47.7 Å². The number of aromatic hydroxyl groups is 1. The predicted molar refractivity (Wildman–Crippen MR) is 69.8 cm³/mol. The Morgan fingerprint density at radius 1 is 0.941 bits per heavy atom. The second-order valence-electron chi connectivity index (χ2n) is 5.17. The van der Waals surface area contributed by atoms with Gasteiger partial charge in [0.15, 0.2) is 0 Å². The summed E-state index contributed by atoms with van der Waals surface area (Å²) in [5.74, 6) is 0.739. The number of aliphatic hydroxyl groups excluding tert-OH is 1. The first kappa shape index (κ1) is 11.8. The Bertz CT molecular complexity index is 464. The third kappa shape index (κ3) is 2.90. The zero-order valence-corrected chi connectivity index (χ0v) is 10.3. The molecule has 0 spiro atoms. The van der Waals surface area contributed by atoms with E-state index in [1.165, 1.54) is 5.57 Å². The molecule has 0 heterocycles. The molecule has 0 saturated carbocycles. The van der Waals surface area contributed by atoms with Gasteiger partial charge in [-0.25, -0.2) is 0 Å². The van der Waals surface area contributed by atoms with Crippen LogP contribution in [0.25, 0.3) is 5.57 Å². The van der Waals surface area contributed by atoms with Crippen LogP contribution in [-0.2, 0) is 0 Å². The largest absolute Gasteiger partial charge is 0.513 e. The molecule has 1 aliphatic rings. The fraction of sp³-hybridized carbons (Fsp3) is 0.333. The third-order valence-electron chi connectivity index (χ3n) is 2.97. The number of hydrogen-bond acceptors (Lipinski definition) is 2. The van der Waals surface area contributed by atoms with Gasteiger partial charge in [0.1, 0.15) is 5.75 Å². The van der Waals surface area contributed by atoms with Crippen molar-refractivity contribution in [2.45, 2.75) is 26.7 Å². The minimum absolute atomic E-state index is 0.131.